The molecule has 0 fully saturated rings. The third-order valence-electron chi connectivity index (χ3n) is 0.860. The first-order valence-corrected chi connectivity index (χ1v) is 2.28. The highest BCUT2D eigenvalue weighted by Crippen LogP contribution is 1.99. The van der Waals surface area contributed by atoms with Gasteiger partial charge in [0.1, 0.15) is 5.76 Å². The molecule has 0 aliphatic rings. The number of aliphatic hydroxyl groups excluding tert-OH is 1. The van der Waals surface area contributed by atoms with E-state index in [1.165, 1.54) is 13.2 Å². The van der Waals surface area contributed by atoms with Gasteiger partial charge in [0.25, 0.3) is 0 Å². The van der Waals surface area contributed by atoms with Gasteiger partial charge < -0.3 is 9.84 Å². The Labute approximate surface area is 49.1 Å². The fourth-order valence-electron chi connectivity index (χ4n) is 0.248. The van der Waals surface area contributed by atoms with Gasteiger partial charge in [0, 0.05) is 0 Å². The molecule has 0 unspecified atom stereocenters. The van der Waals surface area contributed by atoms with Crippen molar-refractivity contribution in [2.45, 2.75) is 6.92 Å². The molecule has 0 spiro atoms. The first-order chi connectivity index (χ1) is 3.72. The van der Waals surface area contributed by atoms with Crippen LogP contribution >= 0.6 is 0 Å². The molecule has 0 rings (SSSR count). The predicted molar refractivity (Wildman–Crippen MR) is 32.5 cm³/mol. The predicted octanol–water partition coefficient (Wildman–Crippen LogP) is 1.61. The summed E-state index contributed by atoms with van der Waals surface area (Å²) in [5, 5.41) is 8.76. The summed E-state index contributed by atoms with van der Waals surface area (Å²) in [5.41, 5.74) is 0. The van der Waals surface area contributed by atoms with Gasteiger partial charge in [0.05, 0.1) is 7.11 Å². The van der Waals surface area contributed by atoms with Gasteiger partial charge in [-0.3, -0.25) is 0 Å². The van der Waals surface area contributed by atoms with Gasteiger partial charge in [-0.05, 0) is 13.0 Å². The summed E-state index contributed by atoms with van der Waals surface area (Å²) in [5.74, 6) is 0.576. The smallest absolute Gasteiger partial charge is 0.152 e. The standard InChI is InChI=1S/C6H10O2/c1-4-6(7)5(2)8-3/h4,7H,1H2,2-3H3/b6-5-. The van der Waals surface area contributed by atoms with E-state index in [2.05, 4.69) is 11.3 Å². The van der Waals surface area contributed by atoms with Gasteiger partial charge in [-0.1, -0.05) is 6.58 Å². The molecule has 2 nitrogen and oxygen atoms in total. The molecule has 0 saturated heterocycles. The molecule has 0 aliphatic carbocycles. The summed E-state index contributed by atoms with van der Waals surface area (Å²) >= 11 is 0. The third kappa shape index (κ3) is 1.69. The SMILES string of the molecule is C=C/C(O)=C(\C)OC. The molecule has 2 heteroatoms. The van der Waals surface area contributed by atoms with Crippen molar-refractivity contribution >= 4 is 0 Å². The molecule has 8 heavy (non-hydrogen) atoms. The summed E-state index contributed by atoms with van der Waals surface area (Å²) in [6.07, 6.45) is 1.33. The van der Waals surface area contributed by atoms with Crippen molar-refractivity contribution < 1.29 is 9.84 Å². The summed E-state index contributed by atoms with van der Waals surface area (Å²) in [7, 11) is 1.50. The molecule has 0 radical (unpaired) electrons. The minimum Gasteiger partial charge on any atom is -0.505 e. The van der Waals surface area contributed by atoms with Crippen molar-refractivity contribution in [1.29, 1.82) is 0 Å². The maximum absolute atomic E-state index is 8.76. The number of allylic oxidation sites excluding steroid dienone is 2. The molecule has 0 heterocycles. The van der Waals surface area contributed by atoms with Gasteiger partial charge in [0.15, 0.2) is 5.76 Å². The molecule has 0 aromatic rings. The quantitative estimate of drug-likeness (QED) is 0.436. The van der Waals surface area contributed by atoms with E-state index in [1.54, 1.807) is 6.92 Å². The molecular weight excluding hydrogens is 104 g/mol. The lowest BCUT2D eigenvalue weighted by Gasteiger charge is -1.97. The van der Waals surface area contributed by atoms with Gasteiger partial charge >= 0.3 is 0 Å². The van der Waals surface area contributed by atoms with Crippen LogP contribution in [0.1, 0.15) is 6.92 Å². The van der Waals surface area contributed by atoms with Crippen molar-refractivity contribution in [3.63, 3.8) is 0 Å². The van der Waals surface area contributed by atoms with Crippen LogP contribution in [0.15, 0.2) is 24.2 Å². The van der Waals surface area contributed by atoms with Crippen LogP contribution in [0.5, 0.6) is 0 Å². The monoisotopic (exact) mass is 114 g/mol. The number of rotatable bonds is 2. The molecule has 0 aromatic heterocycles. The second kappa shape index (κ2) is 3.13. The molecule has 46 valence electrons. The maximum Gasteiger partial charge on any atom is 0.152 e. The van der Waals surface area contributed by atoms with Gasteiger partial charge in [-0.25, -0.2) is 0 Å². The van der Waals surface area contributed by atoms with E-state index >= 15 is 0 Å². The highest BCUT2D eigenvalue weighted by molar-refractivity contribution is 5.09. The topological polar surface area (TPSA) is 29.5 Å². The fourth-order valence-corrected chi connectivity index (χ4v) is 0.248. The van der Waals surface area contributed by atoms with E-state index in [1.807, 2.05) is 0 Å². The summed E-state index contributed by atoms with van der Waals surface area (Å²) in [6.45, 7) is 5.01. The van der Waals surface area contributed by atoms with Crippen molar-refractivity contribution in [2.75, 3.05) is 7.11 Å². The molecule has 1 N–H and O–H groups in total. The van der Waals surface area contributed by atoms with E-state index in [0.29, 0.717) is 5.76 Å². The van der Waals surface area contributed by atoms with E-state index in [0.717, 1.165) is 0 Å². The Kier molecular flexibility index (Phi) is 2.77. The molecule has 0 aliphatic heterocycles. The lowest BCUT2D eigenvalue weighted by atomic mass is 10.4. The van der Waals surface area contributed by atoms with Crippen LogP contribution in [0.3, 0.4) is 0 Å². The lowest BCUT2D eigenvalue weighted by Crippen LogP contribution is -1.84. The Morgan fingerprint density at radius 3 is 2.38 bits per heavy atom. The van der Waals surface area contributed by atoms with Gasteiger partial charge in [0.2, 0.25) is 0 Å². The Morgan fingerprint density at radius 1 is 1.75 bits per heavy atom. The molecule has 0 aromatic carbocycles. The highest BCUT2D eigenvalue weighted by Gasteiger charge is 1.90. The number of aliphatic hydroxyl groups is 1. The molecule has 0 atom stereocenters. The summed E-state index contributed by atoms with van der Waals surface area (Å²) in [4.78, 5) is 0. The molecular formula is C6H10O2. The third-order valence-corrected chi connectivity index (χ3v) is 0.860. The van der Waals surface area contributed by atoms with Crippen LogP contribution in [-0.2, 0) is 4.74 Å². The van der Waals surface area contributed by atoms with E-state index in [-0.39, 0.29) is 5.76 Å². The number of hydrogen-bond acceptors (Lipinski definition) is 2. The minimum absolute atomic E-state index is 0.0903. The van der Waals surface area contributed by atoms with Gasteiger partial charge in [-0.2, -0.15) is 0 Å². The van der Waals surface area contributed by atoms with Crippen molar-refractivity contribution in [3.8, 4) is 0 Å². The van der Waals surface area contributed by atoms with Crippen LogP contribution in [0.2, 0.25) is 0 Å². The van der Waals surface area contributed by atoms with E-state index in [4.69, 9.17) is 5.11 Å². The largest absolute Gasteiger partial charge is 0.505 e. The van der Waals surface area contributed by atoms with E-state index < -0.39 is 0 Å². The van der Waals surface area contributed by atoms with Crippen molar-refractivity contribution in [2.24, 2.45) is 0 Å². The first-order valence-electron chi connectivity index (χ1n) is 2.28. The molecule has 0 saturated carbocycles. The first kappa shape index (κ1) is 7.08. The summed E-state index contributed by atoms with van der Waals surface area (Å²) in [6, 6.07) is 0. The average Bonchev–Trinajstić information content (AvgIpc) is 1.84. The zero-order valence-electron chi connectivity index (χ0n) is 5.14. The molecule has 0 bridgehead atoms. The highest BCUT2D eigenvalue weighted by atomic mass is 16.5. The Bertz CT molecular complexity index is 114. The average molecular weight is 114 g/mol. The fraction of sp³-hybridized carbons (Fsp3) is 0.333. The second-order valence-corrected chi connectivity index (χ2v) is 1.35. The number of hydrogen-bond donors (Lipinski definition) is 1. The number of ether oxygens (including phenoxy) is 1. The Morgan fingerprint density at radius 2 is 2.25 bits per heavy atom. The Hall–Kier alpha value is -0.920. The second-order valence-electron chi connectivity index (χ2n) is 1.35. The summed E-state index contributed by atoms with van der Waals surface area (Å²) < 4.78 is 4.66. The van der Waals surface area contributed by atoms with E-state index in [9.17, 15) is 0 Å². The lowest BCUT2D eigenvalue weighted by molar-refractivity contribution is 0.262. The zero-order valence-corrected chi connectivity index (χ0v) is 5.14. The zero-order chi connectivity index (χ0) is 6.57. The normalized spacial score (nSPS) is 12.2. The van der Waals surface area contributed by atoms with Crippen LogP contribution in [0.25, 0.3) is 0 Å². The van der Waals surface area contributed by atoms with Gasteiger partial charge in [-0.15, -0.1) is 0 Å². The van der Waals surface area contributed by atoms with Crippen LogP contribution in [0.4, 0.5) is 0 Å². The van der Waals surface area contributed by atoms with Crippen LogP contribution < -0.4 is 0 Å². The van der Waals surface area contributed by atoms with Crippen LogP contribution in [-0.4, -0.2) is 12.2 Å². The van der Waals surface area contributed by atoms with Crippen molar-refractivity contribution in [3.05, 3.63) is 24.2 Å². The van der Waals surface area contributed by atoms with Crippen LogP contribution in [0, 0.1) is 0 Å². The maximum atomic E-state index is 8.76. The Balaban J connectivity index is 4.03. The van der Waals surface area contributed by atoms with Crippen molar-refractivity contribution in [1.82, 2.24) is 0 Å². The minimum atomic E-state index is 0.0903. The number of methoxy groups -OCH3 is 1. The molecule has 0 amide bonds.